The highest BCUT2D eigenvalue weighted by Gasteiger charge is 2.22. The van der Waals surface area contributed by atoms with Crippen LogP contribution in [0.2, 0.25) is 0 Å². The first-order valence-corrected chi connectivity index (χ1v) is 7.15. The molecule has 5 heteroatoms. The summed E-state index contributed by atoms with van der Waals surface area (Å²) in [4.78, 5) is 27.0. The molecule has 2 aliphatic rings. The van der Waals surface area contributed by atoms with Crippen molar-refractivity contribution in [2.24, 2.45) is 0 Å². The number of rotatable bonds is 2. The number of piperidine rings is 1. The molecule has 3 rings (SSSR count). The van der Waals surface area contributed by atoms with Crippen LogP contribution in [0.1, 0.15) is 19.3 Å². The zero-order valence-corrected chi connectivity index (χ0v) is 11.5. The lowest BCUT2D eigenvalue weighted by molar-refractivity contribution is -0.130. The second-order valence-electron chi connectivity index (χ2n) is 5.39. The third-order valence-electron chi connectivity index (χ3n) is 3.88. The van der Waals surface area contributed by atoms with Gasteiger partial charge in [0.2, 0.25) is 11.8 Å². The first-order chi connectivity index (χ1) is 9.72. The number of carbonyl (C=O) groups excluding carboxylic acids is 2. The first-order valence-electron chi connectivity index (χ1n) is 7.15. The van der Waals surface area contributed by atoms with Crippen LogP contribution in [0.15, 0.2) is 24.3 Å². The molecule has 0 radical (unpaired) electrons. The van der Waals surface area contributed by atoms with Crippen LogP contribution in [0.25, 0.3) is 0 Å². The van der Waals surface area contributed by atoms with Crippen LogP contribution in [-0.4, -0.2) is 38.0 Å². The van der Waals surface area contributed by atoms with Crippen LogP contribution < -0.4 is 15.1 Å². The Kier molecular flexibility index (Phi) is 3.58. The first kappa shape index (κ1) is 13.0. The Morgan fingerprint density at radius 3 is 1.80 bits per heavy atom. The number of hydrogen-bond donors (Lipinski definition) is 1. The Morgan fingerprint density at radius 1 is 0.750 bits per heavy atom. The second kappa shape index (κ2) is 5.53. The Labute approximate surface area is 118 Å². The van der Waals surface area contributed by atoms with Crippen LogP contribution in [0.3, 0.4) is 0 Å². The normalized spacial score (nSPS) is 20.0. The van der Waals surface area contributed by atoms with E-state index in [1.807, 2.05) is 12.1 Å². The molecule has 2 fully saturated rings. The minimum atomic E-state index is -0.235. The number of amides is 2. The molecule has 0 spiro atoms. The third kappa shape index (κ3) is 2.76. The molecule has 0 unspecified atom stereocenters. The molecule has 1 aromatic carbocycles. The summed E-state index contributed by atoms with van der Waals surface area (Å²) in [5.41, 5.74) is 2.15. The maximum atomic E-state index is 11.4. The van der Waals surface area contributed by atoms with Crippen LogP contribution in [0.4, 0.5) is 11.4 Å². The average Bonchev–Trinajstić information content (AvgIpc) is 2.47. The molecule has 1 aromatic rings. The molecule has 0 atom stereocenters. The molecule has 2 heterocycles. The van der Waals surface area contributed by atoms with E-state index in [1.54, 1.807) is 4.90 Å². The minimum Gasteiger partial charge on any atom is -0.372 e. The SMILES string of the molecule is O=C1CN(c2ccc(N3CCCCC3)cc2)CC(=O)N1. The fourth-order valence-corrected chi connectivity index (χ4v) is 2.85. The van der Waals surface area contributed by atoms with Crippen molar-refractivity contribution in [3.8, 4) is 0 Å². The van der Waals surface area contributed by atoms with Gasteiger partial charge in [-0.2, -0.15) is 0 Å². The summed E-state index contributed by atoms with van der Waals surface area (Å²) in [5, 5.41) is 2.31. The van der Waals surface area contributed by atoms with Crippen LogP contribution in [-0.2, 0) is 9.59 Å². The smallest absolute Gasteiger partial charge is 0.246 e. The fraction of sp³-hybridized carbons (Fsp3) is 0.467. The van der Waals surface area contributed by atoms with Gasteiger partial charge in [0.1, 0.15) is 0 Å². The molecule has 106 valence electrons. The monoisotopic (exact) mass is 273 g/mol. The summed E-state index contributed by atoms with van der Waals surface area (Å²) in [6.45, 7) is 2.72. The highest BCUT2D eigenvalue weighted by molar-refractivity contribution is 6.02. The number of nitrogens with zero attached hydrogens (tertiary/aromatic N) is 2. The predicted octanol–water partition coefficient (Wildman–Crippen LogP) is 1.14. The van der Waals surface area contributed by atoms with E-state index < -0.39 is 0 Å². The molecular formula is C15H19N3O2. The fourth-order valence-electron chi connectivity index (χ4n) is 2.85. The summed E-state index contributed by atoms with van der Waals surface area (Å²) in [6.07, 6.45) is 3.82. The van der Waals surface area contributed by atoms with Crippen molar-refractivity contribution in [2.45, 2.75) is 19.3 Å². The molecule has 0 bridgehead atoms. The van der Waals surface area contributed by atoms with E-state index >= 15 is 0 Å². The Morgan fingerprint density at radius 2 is 1.25 bits per heavy atom. The Hall–Kier alpha value is -2.04. The van der Waals surface area contributed by atoms with Crippen molar-refractivity contribution in [2.75, 3.05) is 36.0 Å². The molecule has 0 aliphatic carbocycles. The van der Waals surface area contributed by atoms with E-state index in [0.717, 1.165) is 18.8 Å². The van der Waals surface area contributed by atoms with Crippen molar-refractivity contribution in [3.63, 3.8) is 0 Å². The van der Waals surface area contributed by atoms with Crippen molar-refractivity contribution < 1.29 is 9.59 Å². The van der Waals surface area contributed by atoms with Gasteiger partial charge >= 0.3 is 0 Å². The van der Waals surface area contributed by atoms with Crippen molar-refractivity contribution >= 4 is 23.2 Å². The molecule has 0 saturated carbocycles. The zero-order chi connectivity index (χ0) is 13.9. The van der Waals surface area contributed by atoms with Gasteiger partial charge in [0.15, 0.2) is 0 Å². The topological polar surface area (TPSA) is 52.7 Å². The molecule has 2 aliphatic heterocycles. The number of anilines is 2. The number of piperazine rings is 1. The summed E-state index contributed by atoms with van der Waals surface area (Å²) in [5.74, 6) is -0.470. The molecule has 20 heavy (non-hydrogen) atoms. The van der Waals surface area contributed by atoms with E-state index in [0.29, 0.717) is 0 Å². The summed E-state index contributed by atoms with van der Waals surface area (Å²) < 4.78 is 0. The van der Waals surface area contributed by atoms with Gasteiger partial charge in [0.05, 0.1) is 13.1 Å². The summed E-state index contributed by atoms with van der Waals surface area (Å²) in [7, 11) is 0. The van der Waals surface area contributed by atoms with Gasteiger partial charge in [-0.25, -0.2) is 0 Å². The molecule has 2 amide bonds. The van der Waals surface area contributed by atoms with Crippen molar-refractivity contribution in [1.82, 2.24) is 5.32 Å². The highest BCUT2D eigenvalue weighted by atomic mass is 16.2. The van der Waals surface area contributed by atoms with E-state index in [9.17, 15) is 9.59 Å². The molecule has 1 N–H and O–H groups in total. The summed E-state index contributed by atoms with van der Waals surface area (Å²) in [6, 6.07) is 8.15. The van der Waals surface area contributed by atoms with E-state index in [-0.39, 0.29) is 24.9 Å². The van der Waals surface area contributed by atoms with Gasteiger partial charge < -0.3 is 9.80 Å². The zero-order valence-electron chi connectivity index (χ0n) is 11.5. The maximum absolute atomic E-state index is 11.4. The average molecular weight is 273 g/mol. The molecule has 0 aromatic heterocycles. The Balaban J connectivity index is 1.72. The van der Waals surface area contributed by atoms with Crippen molar-refractivity contribution in [1.29, 1.82) is 0 Å². The highest BCUT2D eigenvalue weighted by Crippen LogP contribution is 2.23. The second-order valence-corrected chi connectivity index (χ2v) is 5.39. The number of carbonyl (C=O) groups is 2. The largest absolute Gasteiger partial charge is 0.372 e. The molecular weight excluding hydrogens is 254 g/mol. The number of nitrogens with one attached hydrogen (secondary N) is 1. The van der Waals surface area contributed by atoms with E-state index in [2.05, 4.69) is 22.3 Å². The molecule has 5 nitrogen and oxygen atoms in total. The lowest BCUT2D eigenvalue weighted by Gasteiger charge is -2.30. The van der Waals surface area contributed by atoms with Crippen LogP contribution in [0, 0.1) is 0 Å². The van der Waals surface area contributed by atoms with E-state index in [1.165, 1.54) is 24.9 Å². The predicted molar refractivity (Wildman–Crippen MR) is 77.9 cm³/mol. The van der Waals surface area contributed by atoms with Gasteiger partial charge in [-0.3, -0.25) is 14.9 Å². The van der Waals surface area contributed by atoms with Gasteiger partial charge in [-0.1, -0.05) is 0 Å². The lowest BCUT2D eigenvalue weighted by Crippen LogP contribution is -2.51. The van der Waals surface area contributed by atoms with Crippen molar-refractivity contribution in [3.05, 3.63) is 24.3 Å². The summed E-state index contributed by atoms with van der Waals surface area (Å²) >= 11 is 0. The molecule has 2 saturated heterocycles. The quantitative estimate of drug-likeness (QED) is 0.821. The maximum Gasteiger partial charge on any atom is 0.246 e. The standard InChI is InChI=1S/C15H19N3O2/c19-14-10-18(11-15(20)16-14)13-6-4-12(5-7-13)17-8-2-1-3-9-17/h4-7H,1-3,8-11H2,(H,16,19,20). The minimum absolute atomic E-state index is 0.235. The number of benzene rings is 1. The van der Waals surface area contributed by atoms with Gasteiger partial charge in [0, 0.05) is 24.5 Å². The number of hydrogen-bond acceptors (Lipinski definition) is 4. The van der Waals surface area contributed by atoms with Gasteiger partial charge in [-0.05, 0) is 43.5 Å². The lowest BCUT2D eigenvalue weighted by atomic mass is 10.1. The van der Waals surface area contributed by atoms with Gasteiger partial charge in [-0.15, -0.1) is 0 Å². The Bertz CT molecular complexity index is 490. The van der Waals surface area contributed by atoms with Crippen LogP contribution in [0.5, 0.6) is 0 Å². The van der Waals surface area contributed by atoms with Gasteiger partial charge in [0.25, 0.3) is 0 Å². The number of imide groups is 1. The van der Waals surface area contributed by atoms with Crippen LogP contribution >= 0.6 is 0 Å². The van der Waals surface area contributed by atoms with E-state index in [4.69, 9.17) is 0 Å². The third-order valence-corrected chi connectivity index (χ3v) is 3.88.